The fourth-order valence-electron chi connectivity index (χ4n) is 2.80. The summed E-state index contributed by atoms with van der Waals surface area (Å²) in [6, 6.07) is 18.4. The van der Waals surface area contributed by atoms with Crippen LogP contribution in [0.5, 0.6) is 5.75 Å². The van der Waals surface area contributed by atoms with Gasteiger partial charge in [-0.2, -0.15) is 0 Å². The minimum Gasteiger partial charge on any atom is -0.489 e. The predicted molar refractivity (Wildman–Crippen MR) is 84.6 cm³/mol. The van der Waals surface area contributed by atoms with E-state index < -0.39 is 0 Å². The lowest BCUT2D eigenvalue weighted by Gasteiger charge is -2.25. The maximum atomic E-state index is 9.88. The number of ether oxygens (including phenoxy) is 1. The fraction of sp³-hybridized carbons (Fsp3) is 0.333. The number of anilines is 1. The van der Waals surface area contributed by atoms with Crippen LogP contribution in [-0.4, -0.2) is 23.8 Å². The molecule has 3 rings (SSSR count). The van der Waals surface area contributed by atoms with Gasteiger partial charge >= 0.3 is 0 Å². The minimum absolute atomic E-state index is 0.176. The maximum Gasteiger partial charge on any atom is 0.119 e. The molecule has 0 bridgehead atoms. The summed E-state index contributed by atoms with van der Waals surface area (Å²) in [5.41, 5.74) is 2.30. The van der Waals surface area contributed by atoms with Crippen molar-refractivity contribution in [1.29, 1.82) is 0 Å². The van der Waals surface area contributed by atoms with Crippen molar-refractivity contribution in [1.82, 2.24) is 0 Å². The Bertz CT molecular complexity index is 585. The normalized spacial score (nSPS) is 21.5. The molecule has 0 aromatic heterocycles. The Labute approximate surface area is 125 Å². The predicted octanol–water partition coefficient (Wildman–Crippen LogP) is 3.23. The van der Waals surface area contributed by atoms with E-state index in [1.54, 1.807) is 0 Å². The van der Waals surface area contributed by atoms with E-state index in [4.69, 9.17) is 4.74 Å². The molecule has 1 saturated heterocycles. The van der Waals surface area contributed by atoms with E-state index in [0.717, 1.165) is 30.0 Å². The van der Waals surface area contributed by atoms with E-state index in [1.165, 1.54) is 0 Å². The summed E-state index contributed by atoms with van der Waals surface area (Å²) >= 11 is 0. The van der Waals surface area contributed by atoms with Gasteiger partial charge in [0.2, 0.25) is 0 Å². The number of benzene rings is 2. The van der Waals surface area contributed by atoms with Crippen molar-refractivity contribution in [3.05, 3.63) is 60.2 Å². The quantitative estimate of drug-likeness (QED) is 0.935. The van der Waals surface area contributed by atoms with E-state index in [-0.39, 0.29) is 12.1 Å². The molecule has 1 fully saturated rings. The van der Waals surface area contributed by atoms with Crippen LogP contribution in [0, 0.1) is 0 Å². The molecule has 2 unspecified atom stereocenters. The highest BCUT2D eigenvalue weighted by atomic mass is 16.5. The van der Waals surface area contributed by atoms with Crippen LogP contribution in [0.4, 0.5) is 5.69 Å². The van der Waals surface area contributed by atoms with Crippen molar-refractivity contribution >= 4 is 5.69 Å². The van der Waals surface area contributed by atoms with Crippen LogP contribution in [0.15, 0.2) is 54.6 Å². The van der Waals surface area contributed by atoms with Crippen molar-refractivity contribution in [3.8, 4) is 5.75 Å². The van der Waals surface area contributed by atoms with E-state index in [1.807, 2.05) is 30.3 Å². The average molecular weight is 283 g/mol. The molecule has 3 nitrogen and oxygen atoms in total. The van der Waals surface area contributed by atoms with Gasteiger partial charge < -0.3 is 14.7 Å². The van der Waals surface area contributed by atoms with Gasteiger partial charge in [0.15, 0.2) is 0 Å². The molecule has 110 valence electrons. The number of nitrogens with zero attached hydrogens (tertiary/aromatic N) is 1. The molecule has 3 heteroatoms. The third kappa shape index (κ3) is 3.19. The monoisotopic (exact) mass is 283 g/mol. The molecule has 1 N–H and O–H groups in total. The van der Waals surface area contributed by atoms with Crippen LogP contribution in [-0.2, 0) is 6.61 Å². The third-order valence-electron chi connectivity index (χ3n) is 4.11. The first-order valence-electron chi connectivity index (χ1n) is 7.45. The summed E-state index contributed by atoms with van der Waals surface area (Å²) in [6.07, 6.45) is 0.612. The summed E-state index contributed by atoms with van der Waals surface area (Å²) in [7, 11) is 0. The first-order chi connectivity index (χ1) is 10.2. The molecule has 1 aliphatic heterocycles. The molecule has 2 aromatic rings. The Hall–Kier alpha value is -2.00. The van der Waals surface area contributed by atoms with E-state index in [2.05, 4.69) is 36.1 Å². The molecule has 21 heavy (non-hydrogen) atoms. The van der Waals surface area contributed by atoms with Crippen LogP contribution in [0.2, 0.25) is 0 Å². The van der Waals surface area contributed by atoms with Gasteiger partial charge in [-0.3, -0.25) is 0 Å². The van der Waals surface area contributed by atoms with Gasteiger partial charge in [0.05, 0.1) is 12.1 Å². The smallest absolute Gasteiger partial charge is 0.119 e. The summed E-state index contributed by atoms with van der Waals surface area (Å²) in [5, 5.41) is 9.88. The number of aliphatic hydroxyl groups excluding tert-OH is 1. The van der Waals surface area contributed by atoms with Gasteiger partial charge in [0, 0.05) is 12.2 Å². The van der Waals surface area contributed by atoms with Crippen LogP contribution >= 0.6 is 0 Å². The Morgan fingerprint density at radius 2 is 1.95 bits per heavy atom. The zero-order valence-corrected chi connectivity index (χ0v) is 12.3. The van der Waals surface area contributed by atoms with E-state index in [0.29, 0.717) is 6.61 Å². The van der Waals surface area contributed by atoms with Crippen LogP contribution < -0.4 is 9.64 Å². The number of hydrogen-bond acceptors (Lipinski definition) is 3. The van der Waals surface area contributed by atoms with Crippen LogP contribution in [0.25, 0.3) is 0 Å². The molecule has 1 aliphatic rings. The lowest BCUT2D eigenvalue weighted by atomic mass is 10.1. The zero-order chi connectivity index (χ0) is 14.7. The van der Waals surface area contributed by atoms with Crippen LogP contribution in [0.1, 0.15) is 18.9 Å². The second-order valence-corrected chi connectivity index (χ2v) is 5.56. The summed E-state index contributed by atoms with van der Waals surface area (Å²) in [6.45, 7) is 3.54. The lowest BCUT2D eigenvalue weighted by molar-refractivity contribution is 0.170. The molecule has 2 aromatic carbocycles. The van der Waals surface area contributed by atoms with Crippen molar-refractivity contribution < 1.29 is 9.84 Å². The number of aliphatic hydroxyl groups is 1. The van der Waals surface area contributed by atoms with Crippen molar-refractivity contribution in [2.24, 2.45) is 0 Å². The van der Waals surface area contributed by atoms with E-state index >= 15 is 0 Å². The van der Waals surface area contributed by atoms with Gasteiger partial charge in [-0.05, 0) is 43.2 Å². The maximum absolute atomic E-state index is 9.88. The standard InChI is InChI=1S/C18H21NO2/c1-14-18(20)10-11-19(14)16-7-5-6-15(12-16)13-21-17-8-3-2-4-9-17/h2-9,12,14,18,20H,10-11,13H2,1H3. The number of para-hydroxylation sites is 1. The number of rotatable bonds is 4. The molecule has 0 spiro atoms. The molecule has 0 amide bonds. The molecule has 0 radical (unpaired) electrons. The molecule has 0 saturated carbocycles. The Morgan fingerprint density at radius 1 is 1.14 bits per heavy atom. The van der Waals surface area contributed by atoms with Crippen molar-refractivity contribution in [3.63, 3.8) is 0 Å². The van der Waals surface area contributed by atoms with E-state index in [9.17, 15) is 5.11 Å². The first-order valence-corrected chi connectivity index (χ1v) is 7.45. The Morgan fingerprint density at radius 3 is 2.67 bits per heavy atom. The lowest BCUT2D eigenvalue weighted by Crippen LogP contribution is -2.32. The highest BCUT2D eigenvalue weighted by Crippen LogP contribution is 2.26. The highest BCUT2D eigenvalue weighted by Gasteiger charge is 2.28. The topological polar surface area (TPSA) is 32.7 Å². The average Bonchev–Trinajstić information content (AvgIpc) is 2.86. The SMILES string of the molecule is CC1C(O)CCN1c1cccc(COc2ccccc2)c1. The number of hydrogen-bond donors (Lipinski definition) is 1. The van der Waals surface area contributed by atoms with Crippen molar-refractivity contribution in [2.75, 3.05) is 11.4 Å². The minimum atomic E-state index is -0.228. The molecule has 1 heterocycles. The summed E-state index contributed by atoms with van der Waals surface area (Å²) < 4.78 is 5.79. The third-order valence-corrected chi connectivity index (χ3v) is 4.11. The highest BCUT2D eigenvalue weighted by molar-refractivity contribution is 5.50. The molecular weight excluding hydrogens is 262 g/mol. The van der Waals surface area contributed by atoms with Gasteiger partial charge in [-0.15, -0.1) is 0 Å². The van der Waals surface area contributed by atoms with Crippen LogP contribution in [0.3, 0.4) is 0 Å². The first kappa shape index (κ1) is 14.0. The van der Waals surface area contributed by atoms with Gasteiger partial charge in [-0.25, -0.2) is 0 Å². The molecular formula is C18H21NO2. The Balaban J connectivity index is 1.69. The van der Waals surface area contributed by atoms with Gasteiger partial charge in [0.1, 0.15) is 12.4 Å². The van der Waals surface area contributed by atoms with Gasteiger partial charge in [0.25, 0.3) is 0 Å². The molecule has 0 aliphatic carbocycles. The fourth-order valence-corrected chi connectivity index (χ4v) is 2.80. The second kappa shape index (κ2) is 6.19. The Kier molecular flexibility index (Phi) is 4.11. The molecule has 2 atom stereocenters. The largest absolute Gasteiger partial charge is 0.489 e. The van der Waals surface area contributed by atoms with Crippen molar-refractivity contribution in [2.45, 2.75) is 32.1 Å². The second-order valence-electron chi connectivity index (χ2n) is 5.56. The summed E-state index contributed by atoms with van der Waals surface area (Å²) in [4.78, 5) is 2.26. The zero-order valence-electron chi connectivity index (χ0n) is 12.3. The summed E-state index contributed by atoms with van der Waals surface area (Å²) in [5.74, 6) is 0.882. The van der Waals surface area contributed by atoms with Gasteiger partial charge in [-0.1, -0.05) is 30.3 Å².